The molecule has 21 heavy (non-hydrogen) atoms. The smallest absolute Gasteiger partial charge is 0.232 e. The Morgan fingerprint density at radius 2 is 1.52 bits per heavy atom. The minimum atomic E-state index is -0.0615. The summed E-state index contributed by atoms with van der Waals surface area (Å²) in [6.07, 6.45) is 0. The first-order chi connectivity index (χ1) is 10.1. The quantitative estimate of drug-likeness (QED) is 0.807. The van der Waals surface area contributed by atoms with Crippen LogP contribution in [0.25, 0.3) is 0 Å². The largest absolute Gasteiger partial charge is 0.378 e. The number of likely N-dealkylation sites (tertiary alicyclic amines) is 1. The maximum absolute atomic E-state index is 12.3. The summed E-state index contributed by atoms with van der Waals surface area (Å²) in [6.45, 7) is 0. The van der Waals surface area contributed by atoms with Gasteiger partial charge in [0, 0.05) is 26.8 Å². The Kier molecular flexibility index (Phi) is 3.42. The van der Waals surface area contributed by atoms with Gasteiger partial charge in [0.2, 0.25) is 5.91 Å². The predicted octanol–water partition coefficient (Wildman–Crippen LogP) is 3.05. The average molecular weight is 280 g/mol. The van der Waals surface area contributed by atoms with Crippen molar-refractivity contribution in [3.05, 3.63) is 65.7 Å². The van der Waals surface area contributed by atoms with E-state index in [0.29, 0.717) is 0 Å². The van der Waals surface area contributed by atoms with Crippen molar-refractivity contribution in [1.29, 1.82) is 0 Å². The van der Waals surface area contributed by atoms with Crippen molar-refractivity contribution in [1.82, 2.24) is 4.90 Å². The highest BCUT2D eigenvalue weighted by Gasteiger charge is 2.46. The van der Waals surface area contributed by atoms with Crippen LogP contribution in [0.5, 0.6) is 0 Å². The Morgan fingerprint density at radius 1 is 0.905 bits per heavy atom. The minimum Gasteiger partial charge on any atom is -0.378 e. The molecule has 3 nitrogen and oxygen atoms in total. The lowest BCUT2D eigenvalue weighted by Gasteiger charge is -2.45. The summed E-state index contributed by atoms with van der Waals surface area (Å²) in [5, 5.41) is 0. The van der Waals surface area contributed by atoms with Crippen molar-refractivity contribution >= 4 is 11.6 Å². The van der Waals surface area contributed by atoms with Gasteiger partial charge in [-0.3, -0.25) is 4.79 Å². The first kappa shape index (κ1) is 13.7. The number of amides is 1. The summed E-state index contributed by atoms with van der Waals surface area (Å²) in [4.78, 5) is 16.2. The van der Waals surface area contributed by atoms with Gasteiger partial charge in [0.15, 0.2) is 0 Å². The molecule has 1 heterocycles. The molecule has 1 fully saturated rings. The predicted molar refractivity (Wildman–Crippen MR) is 85.5 cm³/mol. The van der Waals surface area contributed by atoms with Crippen molar-refractivity contribution in [2.24, 2.45) is 0 Å². The van der Waals surface area contributed by atoms with Gasteiger partial charge in [-0.05, 0) is 23.3 Å². The number of likely N-dealkylation sites (N-methyl/N-ethyl adjacent to an activating group) is 1. The molecule has 108 valence electrons. The number of rotatable bonds is 3. The standard InChI is InChI=1S/C18H20N2O/c1-19(2)15-11-9-13(10-12-15)16-17(20(3)18(16)21)14-7-5-4-6-8-14/h4-12,16-17H,1-3H3/t16-,17-/m1/s1. The number of hydrogen-bond donors (Lipinski definition) is 0. The molecule has 0 radical (unpaired) electrons. The third kappa shape index (κ3) is 2.29. The molecule has 0 N–H and O–H groups in total. The van der Waals surface area contributed by atoms with Crippen molar-refractivity contribution < 1.29 is 4.79 Å². The van der Waals surface area contributed by atoms with E-state index in [1.807, 2.05) is 44.2 Å². The van der Waals surface area contributed by atoms with E-state index in [-0.39, 0.29) is 17.9 Å². The first-order valence-corrected chi connectivity index (χ1v) is 7.18. The van der Waals surface area contributed by atoms with Gasteiger partial charge in [-0.15, -0.1) is 0 Å². The number of carbonyl (C=O) groups excluding carboxylic acids is 1. The summed E-state index contributed by atoms with van der Waals surface area (Å²) in [5.41, 5.74) is 3.44. The van der Waals surface area contributed by atoms with E-state index in [9.17, 15) is 4.79 Å². The van der Waals surface area contributed by atoms with E-state index in [2.05, 4.69) is 41.3 Å². The van der Waals surface area contributed by atoms with Crippen molar-refractivity contribution in [3.8, 4) is 0 Å². The highest BCUT2D eigenvalue weighted by molar-refractivity contribution is 5.91. The summed E-state index contributed by atoms with van der Waals surface area (Å²) in [6, 6.07) is 18.7. The van der Waals surface area contributed by atoms with E-state index < -0.39 is 0 Å². The van der Waals surface area contributed by atoms with Gasteiger partial charge < -0.3 is 9.80 Å². The summed E-state index contributed by atoms with van der Waals surface area (Å²) < 4.78 is 0. The van der Waals surface area contributed by atoms with Gasteiger partial charge in [-0.25, -0.2) is 0 Å². The third-order valence-electron chi connectivity index (χ3n) is 4.26. The van der Waals surface area contributed by atoms with Crippen LogP contribution in [0.3, 0.4) is 0 Å². The fraction of sp³-hybridized carbons (Fsp3) is 0.278. The fourth-order valence-electron chi connectivity index (χ4n) is 3.00. The Balaban J connectivity index is 1.91. The molecule has 0 saturated carbocycles. The zero-order valence-electron chi connectivity index (χ0n) is 12.7. The lowest BCUT2D eigenvalue weighted by atomic mass is 9.78. The molecule has 3 heteroatoms. The second-order valence-electron chi connectivity index (χ2n) is 5.77. The zero-order chi connectivity index (χ0) is 15.0. The van der Waals surface area contributed by atoms with Gasteiger partial charge in [0.05, 0.1) is 12.0 Å². The highest BCUT2D eigenvalue weighted by atomic mass is 16.2. The molecule has 2 aromatic carbocycles. The van der Waals surface area contributed by atoms with Gasteiger partial charge in [0.25, 0.3) is 0 Å². The molecular weight excluding hydrogens is 260 g/mol. The fourth-order valence-corrected chi connectivity index (χ4v) is 3.00. The minimum absolute atomic E-state index is 0.0615. The van der Waals surface area contributed by atoms with Gasteiger partial charge in [-0.2, -0.15) is 0 Å². The number of carbonyl (C=O) groups is 1. The van der Waals surface area contributed by atoms with Crippen molar-refractivity contribution in [2.45, 2.75) is 12.0 Å². The molecule has 2 atom stereocenters. The molecule has 1 aliphatic heterocycles. The van der Waals surface area contributed by atoms with Crippen LogP contribution in [0.2, 0.25) is 0 Å². The van der Waals surface area contributed by atoms with Crippen LogP contribution >= 0.6 is 0 Å². The summed E-state index contributed by atoms with van der Waals surface area (Å²) in [5.74, 6) is 0.134. The van der Waals surface area contributed by atoms with E-state index in [1.165, 1.54) is 5.56 Å². The van der Waals surface area contributed by atoms with Crippen LogP contribution in [0.15, 0.2) is 54.6 Å². The van der Waals surface area contributed by atoms with E-state index >= 15 is 0 Å². The second-order valence-corrected chi connectivity index (χ2v) is 5.77. The van der Waals surface area contributed by atoms with E-state index in [4.69, 9.17) is 0 Å². The maximum Gasteiger partial charge on any atom is 0.232 e. The van der Waals surface area contributed by atoms with Crippen LogP contribution in [0.4, 0.5) is 5.69 Å². The van der Waals surface area contributed by atoms with Crippen LogP contribution in [0, 0.1) is 0 Å². The summed E-state index contributed by atoms with van der Waals surface area (Å²) in [7, 11) is 5.92. The van der Waals surface area contributed by atoms with E-state index in [1.54, 1.807) is 0 Å². The maximum atomic E-state index is 12.3. The molecule has 0 aromatic heterocycles. The lowest BCUT2D eigenvalue weighted by Crippen LogP contribution is -2.50. The number of anilines is 1. The number of benzene rings is 2. The molecule has 3 rings (SSSR count). The number of β-lactam (4-membered cyclic amide) rings is 1. The van der Waals surface area contributed by atoms with Crippen molar-refractivity contribution in [3.63, 3.8) is 0 Å². The lowest BCUT2D eigenvalue weighted by molar-refractivity contribution is -0.147. The molecular formula is C18H20N2O. The Morgan fingerprint density at radius 3 is 2.10 bits per heavy atom. The number of hydrogen-bond acceptors (Lipinski definition) is 2. The molecule has 1 saturated heterocycles. The topological polar surface area (TPSA) is 23.6 Å². The van der Waals surface area contributed by atoms with E-state index in [0.717, 1.165) is 11.3 Å². The molecule has 1 amide bonds. The Bertz CT molecular complexity index is 634. The molecule has 1 aliphatic rings. The monoisotopic (exact) mass is 280 g/mol. The van der Waals surface area contributed by atoms with Crippen molar-refractivity contribution in [2.75, 3.05) is 26.0 Å². The van der Waals surface area contributed by atoms with Gasteiger partial charge in [-0.1, -0.05) is 42.5 Å². The summed E-state index contributed by atoms with van der Waals surface area (Å²) >= 11 is 0. The third-order valence-corrected chi connectivity index (χ3v) is 4.26. The van der Waals surface area contributed by atoms with Gasteiger partial charge in [0.1, 0.15) is 0 Å². The van der Waals surface area contributed by atoms with Crippen LogP contribution in [0.1, 0.15) is 23.1 Å². The Labute approximate surface area is 125 Å². The molecule has 0 bridgehead atoms. The Hall–Kier alpha value is -2.29. The first-order valence-electron chi connectivity index (χ1n) is 7.18. The van der Waals surface area contributed by atoms with Crippen LogP contribution in [-0.4, -0.2) is 32.0 Å². The zero-order valence-corrected chi connectivity index (χ0v) is 12.7. The molecule has 0 aliphatic carbocycles. The number of nitrogens with zero attached hydrogens (tertiary/aromatic N) is 2. The van der Waals surface area contributed by atoms with Crippen LogP contribution < -0.4 is 4.90 Å². The normalized spacial score (nSPS) is 21.1. The van der Waals surface area contributed by atoms with Crippen LogP contribution in [-0.2, 0) is 4.79 Å². The molecule has 0 spiro atoms. The van der Waals surface area contributed by atoms with Gasteiger partial charge >= 0.3 is 0 Å². The SMILES string of the molecule is CN(C)c1ccc([C@H]2C(=O)N(C)[C@@H]2c2ccccc2)cc1. The average Bonchev–Trinajstić information content (AvgIpc) is 2.52. The molecule has 0 unspecified atom stereocenters. The molecule has 2 aromatic rings. The highest BCUT2D eigenvalue weighted by Crippen LogP contribution is 2.45. The second kappa shape index (κ2) is 5.24.